The number of nitrogens with one attached hydrogen (secondary N) is 1. The molecule has 1 unspecified atom stereocenters. The van der Waals surface area contributed by atoms with Gasteiger partial charge in [0, 0.05) is 37.3 Å². The van der Waals surface area contributed by atoms with Gasteiger partial charge in [-0.15, -0.1) is 0 Å². The van der Waals surface area contributed by atoms with Crippen LogP contribution < -0.4 is 10.2 Å². The zero-order valence-corrected chi connectivity index (χ0v) is 14.2. The van der Waals surface area contributed by atoms with E-state index in [9.17, 15) is 18.0 Å². The summed E-state index contributed by atoms with van der Waals surface area (Å²) < 4.78 is 40.1. The van der Waals surface area contributed by atoms with Crippen molar-refractivity contribution in [3.8, 4) is 6.07 Å². The third kappa shape index (κ3) is 3.95. The monoisotopic (exact) mass is 375 g/mol. The smallest absolute Gasteiger partial charge is 0.352 e. The number of halogens is 3. The Balaban J connectivity index is 1.90. The Morgan fingerprint density at radius 3 is 2.67 bits per heavy atom. The zero-order valence-electron chi connectivity index (χ0n) is 14.2. The fraction of sp³-hybridized carbons (Fsp3) is 0.278. The molecule has 140 valence electrons. The summed E-state index contributed by atoms with van der Waals surface area (Å²) in [4.78, 5) is 13.2. The Hall–Kier alpha value is -3.28. The molecule has 0 radical (unpaired) electrons. The van der Waals surface area contributed by atoms with E-state index in [1.807, 2.05) is 6.07 Å². The molecular weight excluding hydrogens is 359 g/mol. The van der Waals surface area contributed by atoms with Crippen molar-refractivity contribution in [2.45, 2.75) is 12.7 Å². The summed E-state index contributed by atoms with van der Waals surface area (Å²) in [5, 5.41) is 16.0. The molecule has 3 rings (SSSR count). The maximum absolute atomic E-state index is 12.8. The molecule has 1 N–H and O–H groups in total. The van der Waals surface area contributed by atoms with Crippen molar-refractivity contribution in [3.63, 3.8) is 0 Å². The Bertz CT molecular complexity index is 895. The average molecular weight is 375 g/mol. The summed E-state index contributed by atoms with van der Waals surface area (Å²) in [6.45, 7) is 4.68. The van der Waals surface area contributed by atoms with Crippen molar-refractivity contribution in [1.29, 1.82) is 5.26 Å². The third-order valence-corrected chi connectivity index (χ3v) is 4.28. The summed E-state index contributed by atoms with van der Waals surface area (Å²) in [6, 6.07) is 8.37. The summed E-state index contributed by atoms with van der Waals surface area (Å²) in [6.07, 6.45) is -3.24. The highest BCUT2D eigenvalue weighted by molar-refractivity contribution is 5.86. The number of benzene rings is 1. The minimum absolute atomic E-state index is 0.0462. The van der Waals surface area contributed by atoms with Crippen molar-refractivity contribution >= 4 is 17.4 Å². The molecule has 0 fully saturated rings. The van der Waals surface area contributed by atoms with Crippen molar-refractivity contribution in [1.82, 2.24) is 15.1 Å². The van der Waals surface area contributed by atoms with Crippen LogP contribution in [0.2, 0.25) is 0 Å². The fourth-order valence-electron chi connectivity index (χ4n) is 2.98. The summed E-state index contributed by atoms with van der Waals surface area (Å²) in [7, 11) is 0. The largest absolute Gasteiger partial charge is 0.416 e. The number of fused-ring (bicyclic) bond motifs is 1. The first-order valence-corrected chi connectivity index (χ1v) is 8.15. The van der Waals surface area contributed by atoms with Gasteiger partial charge in [0.1, 0.15) is 11.9 Å². The lowest BCUT2D eigenvalue weighted by Gasteiger charge is -2.34. The first kappa shape index (κ1) is 18.5. The maximum Gasteiger partial charge on any atom is 0.416 e. The topological polar surface area (TPSA) is 74.0 Å². The number of carbonyl (C=O) groups is 1. The molecule has 9 heteroatoms. The van der Waals surface area contributed by atoms with E-state index in [-0.39, 0.29) is 17.5 Å². The molecular formula is C18H16F3N5O. The fourth-order valence-corrected chi connectivity index (χ4v) is 2.98. The first-order chi connectivity index (χ1) is 12.8. The lowest BCUT2D eigenvalue weighted by atomic mass is 10.1. The van der Waals surface area contributed by atoms with Crippen molar-refractivity contribution < 1.29 is 18.0 Å². The van der Waals surface area contributed by atoms with Crippen LogP contribution in [0, 0.1) is 17.2 Å². The summed E-state index contributed by atoms with van der Waals surface area (Å²) >= 11 is 0. The highest BCUT2D eigenvalue weighted by atomic mass is 19.4. The molecule has 6 nitrogen and oxygen atoms in total. The number of rotatable bonds is 4. The molecule has 0 bridgehead atoms. The van der Waals surface area contributed by atoms with Crippen molar-refractivity contribution in [2.75, 3.05) is 18.0 Å². The minimum Gasteiger partial charge on any atom is -0.352 e. The molecule has 2 aromatic rings. The van der Waals surface area contributed by atoms with Crippen molar-refractivity contribution in [3.05, 3.63) is 54.2 Å². The van der Waals surface area contributed by atoms with Crippen LogP contribution in [0.3, 0.4) is 0 Å². The Morgan fingerprint density at radius 1 is 1.37 bits per heavy atom. The van der Waals surface area contributed by atoms with Gasteiger partial charge in [0.05, 0.1) is 5.56 Å². The van der Waals surface area contributed by atoms with Crippen LogP contribution in [0.5, 0.6) is 0 Å². The summed E-state index contributed by atoms with van der Waals surface area (Å²) in [5.74, 6) is 0.271. The Kier molecular flexibility index (Phi) is 4.90. The van der Waals surface area contributed by atoms with E-state index in [2.05, 4.69) is 17.0 Å². The van der Waals surface area contributed by atoms with E-state index in [0.29, 0.717) is 31.1 Å². The van der Waals surface area contributed by atoms with Gasteiger partial charge in [-0.2, -0.15) is 23.5 Å². The van der Waals surface area contributed by atoms with Crippen LogP contribution in [-0.2, 0) is 17.5 Å². The molecule has 0 saturated carbocycles. The van der Waals surface area contributed by atoms with E-state index in [1.54, 1.807) is 15.6 Å². The number of nitriles is 1. The predicted molar refractivity (Wildman–Crippen MR) is 92.1 cm³/mol. The van der Waals surface area contributed by atoms with E-state index in [4.69, 9.17) is 5.26 Å². The van der Waals surface area contributed by atoms with Gasteiger partial charge in [0.2, 0.25) is 5.91 Å². The number of amides is 1. The number of hydrogen-bond acceptors (Lipinski definition) is 4. The number of nitrogens with zero attached hydrogens (tertiary/aromatic N) is 4. The molecule has 1 atom stereocenters. The zero-order chi connectivity index (χ0) is 19.6. The lowest BCUT2D eigenvalue weighted by Crippen LogP contribution is -2.41. The number of anilines is 2. The number of hydrogen-bond donors (Lipinski definition) is 1. The lowest BCUT2D eigenvalue weighted by molar-refractivity contribution is -0.137. The van der Waals surface area contributed by atoms with Crippen LogP contribution in [-0.4, -0.2) is 28.8 Å². The SMILES string of the molecule is C=CC(=O)NCC1CN(c2ccc(C(F)(F)F)cc2)c2cc(C#N)nn2C1. The third-order valence-electron chi connectivity index (χ3n) is 4.28. The molecule has 1 aliphatic rings. The van der Waals surface area contributed by atoms with Gasteiger partial charge in [-0.25, -0.2) is 4.68 Å². The number of aromatic nitrogens is 2. The van der Waals surface area contributed by atoms with Crippen molar-refractivity contribution in [2.24, 2.45) is 5.92 Å². The Labute approximate surface area is 153 Å². The second-order valence-corrected chi connectivity index (χ2v) is 6.15. The second kappa shape index (κ2) is 7.15. The molecule has 2 heterocycles. The molecule has 1 aromatic carbocycles. The van der Waals surface area contributed by atoms with Crippen LogP contribution in [0.15, 0.2) is 43.0 Å². The van der Waals surface area contributed by atoms with E-state index < -0.39 is 11.7 Å². The normalized spacial score (nSPS) is 16.4. The number of alkyl halides is 3. The van der Waals surface area contributed by atoms with E-state index >= 15 is 0 Å². The summed E-state index contributed by atoms with van der Waals surface area (Å²) in [5.41, 5.74) is 0.0374. The van der Waals surface area contributed by atoms with E-state index in [0.717, 1.165) is 12.1 Å². The van der Waals surface area contributed by atoms with Gasteiger partial charge >= 0.3 is 6.18 Å². The average Bonchev–Trinajstić information content (AvgIpc) is 3.08. The molecule has 1 aromatic heterocycles. The highest BCUT2D eigenvalue weighted by Gasteiger charge is 2.31. The minimum atomic E-state index is -4.41. The van der Waals surface area contributed by atoms with Crippen LogP contribution in [0.1, 0.15) is 11.3 Å². The highest BCUT2D eigenvalue weighted by Crippen LogP contribution is 2.34. The van der Waals surface area contributed by atoms with E-state index in [1.165, 1.54) is 18.2 Å². The molecule has 0 aliphatic carbocycles. The second-order valence-electron chi connectivity index (χ2n) is 6.15. The number of carbonyl (C=O) groups excluding carboxylic acids is 1. The molecule has 27 heavy (non-hydrogen) atoms. The quantitative estimate of drug-likeness (QED) is 0.834. The first-order valence-electron chi connectivity index (χ1n) is 8.15. The Morgan fingerprint density at radius 2 is 2.07 bits per heavy atom. The van der Waals surface area contributed by atoms with Gasteiger partial charge in [0.25, 0.3) is 0 Å². The molecule has 1 amide bonds. The van der Waals surface area contributed by atoms with Crippen LogP contribution in [0.4, 0.5) is 24.7 Å². The molecule has 0 saturated heterocycles. The van der Waals surface area contributed by atoms with Gasteiger partial charge in [0.15, 0.2) is 5.69 Å². The molecule has 1 aliphatic heterocycles. The van der Waals surface area contributed by atoms with Crippen LogP contribution >= 0.6 is 0 Å². The van der Waals surface area contributed by atoms with Gasteiger partial charge in [-0.05, 0) is 30.3 Å². The maximum atomic E-state index is 12.8. The molecule has 0 spiro atoms. The van der Waals surface area contributed by atoms with Crippen LogP contribution in [0.25, 0.3) is 0 Å². The predicted octanol–water partition coefficient (Wildman–Crippen LogP) is 2.84. The standard InChI is InChI=1S/C18H16F3N5O/c1-2-16(27)23-9-12-10-25(17-7-14(8-22)24-26(17)11-12)15-5-3-13(4-6-15)18(19,20)21/h2-7,12H,1,9-11H2,(H,23,27). The van der Waals surface area contributed by atoms with Gasteiger partial charge in [-0.1, -0.05) is 6.58 Å². The van der Waals surface area contributed by atoms with Gasteiger partial charge < -0.3 is 10.2 Å². The van der Waals surface area contributed by atoms with Gasteiger partial charge in [-0.3, -0.25) is 4.79 Å².